The molecule has 1 amide bonds. The van der Waals surface area contributed by atoms with Crippen LogP contribution in [0.4, 0.5) is 0 Å². The van der Waals surface area contributed by atoms with Gasteiger partial charge in [-0.25, -0.2) is 12.7 Å². The van der Waals surface area contributed by atoms with Crippen LogP contribution in [0, 0.1) is 5.92 Å². The van der Waals surface area contributed by atoms with Gasteiger partial charge in [-0.3, -0.25) is 9.78 Å². The van der Waals surface area contributed by atoms with Crippen LogP contribution in [0.3, 0.4) is 0 Å². The maximum Gasteiger partial charge on any atom is 0.273 e. The third-order valence-corrected chi connectivity index (χ3v) is 9.61. The van der Waals surface area contributed by atoms with Gasteiger partial charge in [0.25, 0.3) is 5.91 Å². The van der Waals surface area contributed by atoms with Gasteiger partial charge in [-0.2, -0.15) is 0 Å². The van der Waals surface area contributed by atoms with Gasteiger partial charge in [0.2, 0.25) is 10.0 Å². The summed E-state index contributed by atoms with van der Waals surface area (Å²) in [5.74, 6) is 1.40. The Morgan fingerprint density at radius 1 is 1.00 bits per heavy atom. The molecule has 35 heavy (non-hydrogen) atoms. The van der Waals surface area contributed by atoms with Crippen LogP contribution in [-0.2, 0) is 16.6 Å². The number of piperidine rings is 1. The molecular weight excluding hydrogens is 466 g/mol. The number of nitrogens with zero attached hydrogens (tertiary/aromatic N) is 3. The van der Waals surface area contributed by atoms with Crippen molar-refractivity contribution in [3.8, 4) is 0 Å². The van der Waals surface area contributed by atoms with Crippen molar-refractivity contribution in [3.63, 3.8) is 0 Å². The second-order valence-electron chi connectivity index (χ2n) is 10.3. The molecule has 9 nitrogen and oxygen atoms in total. The van der Waals surface area contributed by atoms with Crippen molar-refractivity contribution >= 4 is 15.9 Å². The first-order valence-corrected chi connectivity index (χ1v) is 14.4. The number of hydrogen-bond donors (Lipinski definition) is 2. The lowest BCUT2D eigenvalue weighted by Gasteiger charge is -2.34. The van der Waals surface area contributed by atoms with Crippen LogP contribution in [0.25, 0.3) is 0 Å². The van der Waals surface area contributed by atoms with E-state index in [1.54, 1.807) is 22.8 Å². The van der Waals surface area contributed by atoms with E-state index in [1.807, 2.05) is 12.1 Å². The van der Waals surface area contributed by atoms with Crippen molar-refractivity contribution < 1.29 is 17.7 Å². The summed E-state index contributed by atoms with van der Waals surface area (Å²) in [4.78, 5) is 16.5. The SMILES string of the molecule is O=C(NC1CCN(S(=O)(=O)CC2CCC(NCc3ccncc3)CC2)CC1)c1cc(C2CC2)on1. The minimum Gasteiger partial charge on any atom is -0.360 e. The molecule has 2 saturated carbocycles. The zero-order chi connectivity index (χ0) is 24.3. The predicted molar refractivity (Wildman–Crippen MR) is 131 cm³/mol. The summed E-state index contributed by atoms with van der Waals surface area (Å²) in [6, 6.07) is 6.15. The number of pyridine rings is 1. The fraction of sp³-hybridized carbons (Fsp3) is 0.640. The van der Waals surface area contributed by atoms with E-state index in [1.165, 1.54) is 5.56 Å². The molecule has 3 heterocycles. The summed E-state index contributed by atoms with van der Waals surface area (Å²) in [7, 11) is -3.29. The van der Waals surface area contributed by atoms with Gasteiger partial charge in [0.1, 0.15) is 5.76 Å². The molecule has 0 unspecified atom stereocenters. The van der Waals surface area contributed by atoms with Crippen molar-refractivity contribution in [2.24, 2.45) is 5.92 Å². The third kappa shape index (κ3) is 6.48. The Labute approximate surface area is 207 Å². The van der Waals surface area contributed by atoms with E-state index in [2.05, 4.69) is 20.8 Å². The Balaban J connectivity index is 1.02. The average Bonchev–Trinajstić information content (AvgIpc) is 3.60. The number of nitrogens with one attached hydrogen (secondary N) is 2. The Hall–Kier alpha value is -2.30. The predicted octanol–water partition coefficient (Wildman–Crippen LogP) is 2.82. The minimum absolute atomic E-state index is 0.0445. The minimum atomic E-state index is -3.29. The van der Waals surface area contributed by atoms with Crippen molar-refractivity contribution in [1.82, 2.24) is 25.1 Å². The van der Waals surface area contributed by atoms with Crippen LogP contribution in [0.2, 0.25) is 0 Å². The van der Waals surface area contributed by atoms with Gasteiger partial charge in [0.15, 0.2) is 5.69 Å². The molecule has 0 radical (unpaired) electrons. The molecule has 190 valence electrons. The molecule has 1 aliphatic heterocycles. The second kappa shape index (κ2) is 10.8. The van der Waals surface area contributed by atoms with E-state index in [4.69, 9.17) is 4.52 Å². The first kappa shape index (κ1) is 24.4. The summed E-state index contributed by atoms with van der Waals surface area (Å²) in [5.41, 5.74) is 1.53. The molecule has 2 aromatic heterocycles. The monoisotopic (exact) mass is 501 g/mol. The largest absolute Gasteiger partial charge is 0.360 e. The zero-order valence-electron chi connectivity index (χ0n) is 20.1. The number of carbonyl (C=O) groups is 1. The summed E-state index contributed by atoms with van der Waals surface area (Å²) in [6.45, 7) is 1.71. The van der Waals surface area contributed by atoms with Crippen LogP contribution in [-0.4, -0.2) is 59.7 Å². The molecule has 3 aliphatic rings. The topological polar surface area (TPSA) is 117 Å². The fourth-order valence-corrected chi connectivity index (χ4v) is 7.10. The molecule has 0 aromatic carbocycles. The quantitative estimate of drug-likeness (QED) is 0.542. The normalized spacial score (nSPS) is 24.3. The summed E-state index contributed by atoms with van der Waals surface area (Å²) in [5, 5.41) is 10.5. The fourth-order valence-electron chi connectivity index (χ4n) is 5.19. The van der Waals surface area contributed by atoms with E-state index < -0.39 is 10.0 Å². The molecule has 2 N–H and O–H groups in total. The van der Waals surface area contributed by atoms with Crippen LogP contribution in [0.15, 0.2) is 35.1 Å². The lowest BCUT2D eigenvalue weighted by Crippen LogP contribution is -2.47. The van der Waals surface area contributed by atoms with E-state index in [0.29, 0.717) is 43.6 Å². The highest BCUT2D eigenvalue weighted by atomic mass is 32.2. The molecule has 0 bridgehead atoms. The molecule has 10 heteroatoms. The van der Waals surface area contributed by atoms with Crippen LogP contribution in [0.5, 0.6) is 0 Å². The van der Waals surface area contributed by atoms with E-state index >= 15 is 0 Å². The van der Waals surface area contributed by atoms with Crippen molar-refractivity contribution in [2.45, 2.75) is 75.9 Å². The number of carbonyl (C=O) groups excluding carboxylic acids is 1. The average molecular weight is 502 g/mol. The van der Waals surface area contributed by atoms with Crippen molar-refractivity contribution in [2.75, 3.05) is 18.8 Å². The van der Waals surface area contributed by atoms with Crippen molar-refractivity contribution in [3.05, 3.63) is 47.6 Å². The molecule has 2 aromatic rings. The summed E-state index contributed by atoms with van der Waals surface area (Å²) in [6.07, 6.45) is 10.9. The summed E-state index contributed by atoms with van der Waals surface area (Å²) < 4.78 is 33.0. The Morgan fingerprint density at radius 3 is 2.40 bits per heavy atom. The number of hydrogen-bond acceptors (Lipinski definition) is 7. The van der Waals surface area contributed by atoms with E-state index in [9.17, 15) is 13.2 Å². The molecular formula is C25H35N5O4S. The smallest absolute Gasteiger partial charge is 0.273 e. The zero-order valence-corrected chi connectivity index (χ0v) is 20.9. The van der Waals surface area contributed by atoms with Crippen LogP contribution < -0.4 is 10.6 Å². The Bertz CT molecular complexity index is 1090. The number of rotatable bonds is 9. The van der Waals surface area contributed by atoms with Crippen LogP contribution >= 0.6 is 0 Å². The maximum absolute atomic E-state index is 13.1. The number of sulfonamides is 1. The van der Waals surface area contributed by atoms with Gasteiger partial charge < -0.3 is 15.2 Å². The van der Waals surface area contributed by atoms with Gasteiger partial charge in [-0.05, 0) is 75.0 Å². The number of aromatic nitrogens is 2. The Kier molecular flexibility index (Phi) is 7.50. The number of amides is 1. The molecule has 2 aliphatic carbocycles. The standard InChI is InChI=1S/C25H35N5O4S/c31-25(23-15-24(34-29-23)20-3-4-20)28-22-9-13-30(14-10-22)35(32,33)17-19-1-5-21(6-2-19)27-16-18-7-11-26-12-8-18/h7-8,11-12,15,19-22,27H,1-6,9-10,13-14,16-17H2,(H,28,31). The second-order valence-corrected chi connectivity index (χ2v) is 12.3. The lowest BCUT2D eigenvalue weighted by molar-refractivity contribution is 0.0914. The molecule has 5 rings (SSSR count). The molecule has 0 spiro atoms. The van der Waals surface area contributed by atoms with Gasteiger partial charge in [0.05, 0.1) is 5.75 Å². The van der Waals surface area contributed by atoms with Crippen LogP contribution in [0.1, 0.15) is 79.1 Å². The Morgan fingerprint density at radius 2 is 1.71 bits per heavy atom. The van der Waals surface area contributed by atoms with Gasteiger partial charge in [0, 0.05) is 56.1 Å². The maximum atomic E-state index is 13.1. The highest BCUT2D eigenvalue weighted by Gasteiger charge is 2.33. The first-order chi connectivity index (χ1) is 17.0. The molecule has 1 saturated heterocycles. The van der Waals surface area contributed by atoms with Gasteiger partial charge >= 0.3 is 0 Å². The van der Waals surface area contributed by atoms with E-state index in [-0.39, 0.29) is 23.6 Å². The van der Waals surface area contributed by atoms with Gasteiger partial charge in [-0.15, -0.1) is 0 Å². The van der Waals surface area contributed by atoms with Gasteiger partial charge in [-0.1, -0.05) is 5.16 Å². The highest BCUT2D eigenvalue weighted by molar-refractivity contribution is 7.89. The lowest BCUT2D eigenvalue weighted by atomic mass is 9.87. The summed E-state index contributed by atoms with van der Waals surface area (Å²) >= 11 is 0. The molecule has 0 atom stereocenters. The van der Waals surface area contributed by atoms with Crippen molar-refractivity contribution in [1.29, 1.82) is 0 Å². The highest BCUT2D eigenvalue weighted by Crippen LogP contribution is 2.40. The molecule has 3 fully saturated rings. The first-order valence-electron chi connectivity index (χ1n) is 12.8. The van der Waals surface area contributed by atoms with E-state index in [0.717, 1.165) is 50.8 Å². The third-order valence-electron chi connectivity index (χ3n) is 7.56.